The molecule has 1 N–H and O–H groups in total. The predicted molar refractivity (Wildman–Crippen MR) is 88.0 cm³/mol. The third-order valence-electron chi connectivity index (χ3n) is 3.32. The zero-order chi connectivity index (χ0) is 17.9. The van der Waals surface area contributed by atoms with Crippen LogP contribution in [0.1, 0.15) is 11.1 Å². The fourth-order valence-electron chi connectivity index (χ4n) is 2.06. The van der Waals surface area contributed by atoms with E-state index in [0.29, 0.717) is 11.9 Å². The van der Waals surface area contributed by atoms with Crippen LogP contribution in [0.4, 0.5) is 24.8 Å². The Bertz CT molecular complexity index is 850. The number of ether oxygens (including phenoxy) is 1. The fraction of sp³-hybridized carbons (Fsp3) is 0.111. The largest absolute Gasteiger partial charge is 0.438 e. The van der Waals surface area contributed by atoms with Crippen LogP contribution in [0.25, 0.3) is 0 Å². The molecule has 128 valence electrons. The monoisotopic (exact) mass is 345 g/mol. The number of hydrogen-bond donors (Lipinski definition) is 1. The van der Waals surface area contributed by atoms with Crippen molar-refractivity contribution in [2.45, 2.75) is 13.1 Å². The molecule has 3 aromatic rings. The van der Waals surface area contributed by atoms with Crippen molar-refractivity contribution in [1.82, 2.24) is 9.97 Å². The highest BCUT2D eigenvalue weighted by Crippen LogP contribution is 2.37. The zero-order valence-corrected chi connectivity index (χ0v) is 13.2. The van der Waals surface area contributed by atoms with Gasteiger partial charge in [0, 0.05) is 11.9 Å². The number of nitrogens with zero attached hydrogens (tertiary/aromatic N) is 2. The molecular formula is C18H14F3N3O. The molecule has 0 saturated heterocycles. The maximum Gasteiger partial charge on any atom is 0.423 e. The SMILES string of the molecule is Cc1ccc(Nc2ncc(C(F)(F)F)c(Oc3ccccc3)n2)cc1. The second-order valence-corrected chi connectivity index (χ2v) is 5.32. The Morgan fingerprint density at radius 2 is 1.64 bits per heavy atom. The minimum Gasteiger partial charge on any atom is -0.438 e. The molecule has 0 amide bonds. The fourth-order valence-corrected chi connectivity index (χ4v) is 2.06. The number of aryl methyl sites for hydroxylation is 1. The van der Waals surface area contributed by atoms with Crippen molar-refractivity contribution >= 4 is 11.6 Å². The van der Waals surface area contributed by atoms with Crippen molar-refractivity contribution in [3.8, 4) is 11.6 Å². The third-order valence-corrected chi connectivity index (χ3v) is 3.32. The molecule has 0 aliphatic rings. The van der Waals surface area contributed by atoms with Gasteiger partial charge >= 0.3 is 6.18 Å². The molecule has 4 nitrogen and oxygen atoms in total. The molecule has 1 aromatic heterocycles. The number of aromatic nitrogens is 2. The second kappa shape index (κ2) is 6.80. The van der Waals surface area contributed by atoms with Crippen LogP contribution in [0.5, 0.6) is 11.6 Å². The number of hydrogen-bond acceptors (Lipinski definition) is 4. The predicted octanol–water partition coefficient (Wildman–Crippen LogP) is 5.34. The maximum atomic E-state index is 13.2. The summed E-state index contributed by atoms with van der Waals surface area (Å²) in [5.74, 6) is -0.279. The summed E-state index contributed by atoms with van der Waals surface area (Å²) in [6.07, 6.45) is -3.91. The van der Waals surface area contributed by atoms with Crippen molar-refractivity contribution < 1.29 is 17.9 Å². The standard InChI is InChI=1S/C18H14F3N3O/c1-12-7-9-13(10-8-12)23-17-22-11-15(18(19,20)21)16(24-17)25-14-5-3-2-4-6-14/h2-11H,1H3,(H,22,23,24). The summed E-state index contributed by atoms with van der Waals surface area (Å²) in [5.41, 5.74) is 0.689. The summed E-state index contributed by atoms with van der Waals surface area (Å²) >= 11 is 0. The lowest BCUT2D eigenvalue weighted by molar-refractivity contribution is -0.139. The van der Waals surface area contributed by atoms with Crippen LogP contribution in [-0.2, 0) is 6.18 Å². The molecule has 25 heavy (non-hydrogen) atoms. The molecule has 3 rings (SSSR count). The Labute approximate surface area is 142 Å². The van der Waals surface area contributed by atoms with Gasteiger partial charge in [0.1, 0.15) is 11.3 Å². The molecule has 0 aliphatic heterocycles. The van der Waals surface area contributed by atoms with Crippen molar-refractivity contribution in [1.29, 1.82) is 0 Å². The van der Waals surface area contributed by atoms with Gasteiger partial charge in [-0.1, -0.05) is 35.9 Å². The molecule has 1 heterocycles. The average molecular weight is 345 g/mol. The first-order valence-electron chi connectivity index (χ1n) is 7.42. The van der Waals surface area contributed by atoms with Crippen LogP contribution in [-0.4, -0.2) is 9.97 Å². The number of halogens is 3. The van der Waals surface area contributed by atoms with Gasteiger partial charge in [-0.25, -0.2) is 4.98 Å². The molecule has 0 unspecified atom stereocenters. The minimum atomic E-state index is -4.62. The van der Waals surface area contributed by atoms with Gasteiger partial charge < -0.3 is 10.1 Å². The van der Waals surface area contributed by atoms with Gasteiger partial charge in [0.2, 0.25) is 11.8 Å². The lowest BCUT2D eigenvalue weighted by Gasteiger charge is -2.14. The Morgan fingerprint density at radius 1 is 0.960 bits per heavy atom. The molecule has 0 saturated carbocycles. The lowest BCUT2D eigenvalue weighted by atomic mass is 10.2. The zero-order valence-electron chi connectivity index (χ0n) is 13.2. The van der Waals surface area contributed by atoms with E-state index in [2.05, 4.69) is 15.3 Å². The van der Waals surface area contributed by atoms with Crippen LogP contribution >= 0.6 is 0 Å². The first kappa shape index (κ1) is 16.8. The molecule has 0 bridgehead atoms. The van der Waals surface area contributed by atoms with Gasteiger partial charge in [-0.15, -0.1) is 0 Å². The number of para-hydroxylation sites is 1. The summed E-state index contributed by atoms with van der Waals surface area (Å²) in [4.78, 5) is 7.63. The van der Waals surface area contributed by atoms with E-state index in [9.17, 15) is 13.2 Å². The summed E-state index contributed by atoms with van der Waals surface area (Å²) in [6.45, 7) is 1.93. The van der Waals surface area contributed by atoms with E-state index in [1.54, 1.807) is 42.5 Å². The highest BCUT2D eigenvalue weighted by molar-refractivity contribution is 5.54. The van der Waals surface area contributed by atoms with Crippen molar-refractivity contribution in [3.63, 3.8) is 0 Å². The smallest absolute Gasteiger partial charge is 0.423 e. The number of nitrogens with one attached hydrogen (secondary N) is 1. The van der Waals surface area contributed by atoms with E-state index in [1.807, 2.05) is 19.1 Å². The Hall–Kier alpha value is -3.09. The maximum absolute atomic E-state index is 13.2. The van der Waals surface area contributed by atoms with E-state index in [1.165, 1.54) is 0 Å². The molecule has 0 atom stereocenters. The normalized spacial score (nSPS) is 11.2. The van der Waals surface area contributed by atoms with E-state index in [-0.39, 0.29) is 11.7 Å². The van der Waals surface area contributed by atoms with Gasteiger partial charge in [-0.05, 0) is 31.2 Å². The first-order chi connectivity index (χ1) is 11.9. The summed E-state index contributed by atoms with van der Waals surface area (Å²) in [6, 6.07) is 15.5. The van der Waals surface area contributed by atoms with Gasteiger partial charge in [0.15, 0.2) is 0 Å². The van der Waals surface area contributed by atoms with Gasteiger partial charge in [0.05, 0.1) is 0 Å². The van der Waals surface area contributed by atoms with Crippen LogP contribution < -0.4 is 10.1 Å². The Morgan fingerprint density at radius 3 is 2.28 bits per heavy atom. The molecule has 0 fully saturated rings. The van der Waals surface area contributed by atoms with Crippen LogP contribution in [0, 0.1) is 6.92 Å². The van der Waals surface area contributed by atoms with Crippen LogP contribution in [0.3, 0.4) is 0 Å². The molecule has 2 aromatic carbocycles. The van der Waals surface area contributed by atoms with Gasteiger partial charge in [-0.3, -0.25) is 0 Å². The van der Waals surface area contributed by atoms with Gasteiger partial charge in [-0.2, -0.15) is 18.2 Å². The van der Waals surface area contributed by atoms with Crippen molar-refractivity contribution in [2.24, 2.45) is 0 Å². The van der Waals surface area contributed by atoms with Crippen LogP contribution in [0.15, 0.2) is 60.8 Å². The summed E-state index contributed by atoms with van der Waals surface area (Å²) in [7, 11) is 0. The molecule has 0 aliphatic carbocycles. The molecular weight excluding hydrogens is 331 g/mol. The van der Waals surface area contributed by atoms with Crippen molar-refractivity contribution in [3.05, 3.63) is 71.9 Å². The first-order valence-corrected chi connectivity index (χ1v) is 7.42. The van der Waals surface area contributed by atoms with E-state index in [0.717, 1.165) is 5.56 Å². The topological polar surface area (TPSA) is 47.0 Å². The highest BCUT2D eigenvalue weighted by Gasteiger charge is 2.36. The number of alkyl halides is 3. The minimum absolute atomic E-state index is 0.0165. The number of rotatable bonds is 4. The molecule has 0 radical (unpaired) electrons. The quantitative estimate of drug-likeness (QED) is 0.693. The van der Waals surface area contributed by atoms with E-state index >= 15 is 0 Å². The van der Waals surface area contributed by atoms with E-state index < -0.39 is 17.6 Å². The summed E-state index contributed by atoms with van der Waals surface area (Å²) < 4.78 is 44.8. The molecule has 7 heteroatoms. The van der Waals surface area contributed by atoms with Crippen molar-refractivity contribution in [2.75, 3.05) is 5.32 Å². The Kier molecular flexibility index (Phi) is 4.56. The number of benzene rings is 2. The van der Waals surface area contributed by atoms with Crippen LogP contribution in [0.2, 0.25) is 0 Å². The average Bonchev–Trinajstić information content (AvgIpc) is 2.57. The summed E-state index contributed by atoms with van der Waals surface area (Å²) in [5, 5.41) is 2.87. The van der Waals surface area contributed by atoms with E-state index in [4.69, 9.17) is 4.74 Å². The lowest BCUT2D eigenvalue weighted by Crippen LogP contribution is -2.10. The Balaban J connectivity index is 1.93. The number of anilines is 2. The second-order valence-electron chi connectivity index (χ2n) is 5.32. The molecule has 0 spiro atoms. The highest BCUT2D eigenvalue weighted by atomic mass is 19.4. The third kappa shape index (κ3) is 4.26. The van der Waals surface area contributed by atoms with Gasteiger partial charge in [0.25, 0.3) is 0 Å².